The fourth-order valence-electron chi connectivity index (χ4n) is 2.55. The first-order valence-electron chi connectivity index (χ1n) is 8.76. The number of amides is 1. The molecule has 0 radical (unpaired) electrons. The van der Waals surface area contributed by atoms with Gasteiger partial charge in [0.25, 0.3) is 0 Å². The Bertz CT molecular complexity index is 815. The van der Waals surface area contributed by atoms with E-state index >= 15 is 0 Å². The highest BCUT2D eigenvalue weighted by Gasteiger charge is 2.20. The van der Waals surface area contributed by atoms with Crippen molar-refractivity contribution in [1.29, 1.82) is 0 Å². The molecule has 0 saturated carbocycles. The number of likely N-dealkylation sites (N-methyl/N-ethyl adjacent to an activating group) is 1. The summed E-state index contributed by atoms with van der Waals surface area (Å²) in [5, 5.41) is 0.761. The molecule has 0 atom stereocenters. The Morgan fingerprint density at radius 1 is 1.12 bits per heavy atom. The molecule has 0 aliphatic rings. The van der Waals surface area contributed by atoms with E-state index in [0.29, 0.717) is 19.6 Å². The quantitative estimate of drug-likeness (QED) is 0.662. The van der Waals surface area contributed by atoms with Crippen LogP contribution in [0.1, 0.15) is 6.42 Å². The number of rotatable bonds is 8. The molecule has 3 rings (SSSR count). The van der Waals surface area contributed by atoms with Gasteiger partial charge in [-0.1, -0.05) is 41.7 Å². The summed E-state index contributed by atoms with van der Waals surface area (Å²) in [6, 6.07) is 17.5. The van der Waals surface area contributed by atoms with Crippen molar-refractivity contribution >= 4 is 32.6 Å². The summed E-state index contributed by atoms with van der Waals surface area (Å²) in [6.45, 7) is 1.87. The summed E-state index contributed by atoms with van der Waals surface area (Å²) >= 11 is 1.56. The zero-order chi connectivity index (χ0) is 18.4. The van der Waals surface area contributed by atoms with Crippen molar-refractivity contribution < 1.29 is 14.4 Å². The van der Waals surface area contributed by atoms with E-state index < -0.39 is 0 Å². The lowest BCUT2D eigenvalue weighted by Crippen LogP contribution is -3.06. The maximum Gasteiger partial charge on any atom is 0.232 e. The van der Waals surface area contributed by atoms with Gasteiger partial charge in [0.05, 0.1) is 50.4 Å². The average molecular weight is 370 g/mol. The molecule has 0 fully saturated rings. The number of fused-ring (bicyclic) bond motifs is 1. The van der Waals surface area contributed by atoms with Crippen LogP contribution in [-0.2, 0) is 4.79 Å². The molecule has 2 aromatic carbocycles. The minimum absolute atomic E-state index is 0.0428. The zero-order valence-electron chi connectivity index (χ0n) is 15.1. The van der Waals surface area contributed by atoms with E-state index in [-0.39, 0.29) is 5.91 Å². The minimum atomic E-state index is 0.0428. The predicted molar refractivity (Wildman–Crippen MR) is 106 cm³/mol. The second-order valence-electron chi connectivity index (χ2n) is 6.38. The topological polar surface area (TPSA) is 46.9 Å². The van der Waals surface area contributed by atoms with Gasteiger partial charge in [0, 0.05) is 0 Å². The van der Waals surface area contributed by atoms with Crippen molar-refractivity contribution in [3.8, 4) is 5.75 Å². The lowest BCUT2D eigenvalue weighted by molar-refractivity contribution is -0.856. The first-order chi connectivity index (χ1) is 12.6. The van der Waals surface area contributed by atoms with Crippen LogP contribution in [0.4, 0.5) is 5.13 Å². The fourth-order valence-corrected chi connectivity index (χ4v) is 3.55. The van der Waals surface area contributed by atoms with E-state index in [1.165, 1.54) is 4.90 Å². The van der Waals surface area contributed by atoms with Crippen LogP contribution in [-0.4, -0.2) is 44.7 Å². The minimum Gasteiger partial charge on any atom is -0.493 e. The summed E-state index contributed by atoms with van der Waals surface area (Å²) in [5.41, 5.74) is 0.933. The monoisotopic (exact) mass is 370 g/mol. The molecule has 0 bridgehead atoms. The number of benzene rings is 2. The third-order valence-electron chi connectivity index (χ3n) is 3.98. The molecule has 136 valence electrons. The zero-order valence-corrected chi connectivity index (χ0v) is 16.0. The van der Waals surface area contributed by atoms with Crippen molar-refractivity contribution in [1.82, 2.24) is 4.98 Å². The first-order valence-corrected chi connectivity index (χ1v) is 9.58. The molecule has 6 heteroatoms. The molecule has 5 nitrogen and oxygen atoms in total. The number of hydrogen-bond acceptors (Lipinski definition) is 4. The molecule has 1 amide bonds. The van der Waals surface area contributed by atoms with E-state index in [1.807, 2.05) is 54.6 Å². The Morgan fingerprint density at radius 3 is 2.58 bits per heavy atom. The molecule has 0 aliphatic carbocycles. The number of para-hydroxylation sites is 2. The van der Waals surface area contributed by atoms with E-state index in [0.717, 1.165) is 27.6 Å². The molecule has 0 spiro atoms. The van der Waals surface area contributed by atoms with Gasteiger partial charge in [-0.3, -0.25) is 9.69 Å². The van der Waals surface area contributed by atoms with Gasteiger partial charge in [0.15, 0.2) is 5.13 Å². The lowest BCUT2D eigenvalue weighted by Gasteiger charge is -2.20. The second kappa shape index (κ2) is 8.78. The molecular formula is C20H24N3O2S+. The summed E-state index contributed by atoms with van der Waals surface area (Å²) in [4.78, 5) is 20.6. The maximum atomic E-state index is 12.8. The fraction of sp³-hybridized carbons (Fsp3) is 0.300. The van der Waals surface area contributed by atoms with E-state index in [4.69, 9.17) is 4.74 Å². The number of thiazole rings is 1. The largest absolute Gasteiger partial charge is 0.493 e. The number of anilines is 1. The number of hydrogen-bond donors (Lipinski definition) is 1. The van der Waals surface area contributed by atoms with Gasteiger partial charge in [0.2, 0.25) is 5.91 Å². The van der Waals surface area contributed by atoms with Crippen molar-refractivity contribution in [3.63, 3.8) is 0 Å². The molecule has 1 heterocycles. The smallest absolute Gasteiger partial charge is 0.232 e. The molecule has 3 aromatic rings. The predicted octanol–water partition coefficient (Wildman–Crippen LogP) is 2.24. The van der Waals surface area contributed by atoms with E-state index in [9.17, 15) is 4.79 Å². The van der Waals surface area contributed by atoms with Crippen molar-refractivity contribution in [3.05, 3.63) is 54.6 Å². The van der Waals surface area contributed by atoms with Crippen molar-refractivity contribution in [2.75, 3.05) is 38.7 Å². The van der Waals surface area contributed by atoms with Crippen molar-refractivity contribution in [2.24, 2.45) is 0 Å². The van der Waals surface area contributed by atoms with E-state index in [1.54, 1.807) is 16.2 Å². The molecule has 1 aromatic heterocycles. The summed E-state index contributed by atoms with van der Waals surface area (Å²) in [7, 11) is 4.17. The maximum absolute atomic E-state index is 12.8. The highest BCUT2D eigenvalue weighted by molar-refractivity contribution is 7.22. The Morgan fingerprint density at radius 2 is 1.85 bits per heavy atom. The molecule has 0 unspecified atom stereocenters. The summed E-state index contributed by atoms with van der Waals surface area (Å²) in [6.07, 6.45) is 0.327. The molecule has 1 N–H and O–H groups in total. The van der Waals surface area contributed by atoms with Gasteiger partial charge < -0.3 is 9.64 Å². The number of nitrogens with zero attached hydrogens (tertiary/aromatic N) is 2. The Hall–Kier alpha value is -2.44. The van der Waals surface area contributed by atoms with Crippen molar-refractivity contribution in [2.45, 2.75) is 6.42 Å². The summed E-state index contributed by atoms with van der Waals surface area (Å²) < 4.78 is 6.77. The normalized spacial score (nSPS) is 11.0. The van der Waals surface area contributed by atoms with Crippen LogP contribution in [0.15, 0.2) is 54.6 Å². The Kier molecular flexibility index (Phi) is 6.20. The molecule has 0 aliphatic heterocycles. The molecule has 0 saturated heterocycles. The molecular weight excluding hydrogens is 346 g/mol. The SMILES string of the molecule is C[NH+](C)CCN(C(=O)CCOc1ccccc1)c1nc2ccccc2s1. The number of aromatic nitrogens is 1. The first kappa shape index (κ1) is 18.4. The number of quaternary nitrogens is 1. The standard InChI is InChI=1S/C20H23N3O2S/c1-22(2)13-14-23(20-21-17-10-6-7-11-18(17)26-20)19(24)12-15-25-16-8-4-3-5-9-16/h3-11H,12-15H2,1-2H3/p+1. The summed E-state index contributed by atoms with van der Waals surface area (Å²) in [5.74, 6) is 0.825. The van der Waals surface area contributed by atoms with Crippen LogP contribution in [0.3, 0.4) is 0 Å². The average Bonchev–Trinajstić information content (AvgIpc) is 3.06. The molecule has 26 heavy (non-hydrogen) atoms. The Labute approximate surface area is 157 Å². The van der Waals surface area contributed by atoms with Gasteiger partial charge in [-0.25, -0.2) is 4.98 Å². The van der Waals surface area contributed by atoms with Gasteiger partial charge in [-0.2, -0.15) is 0 Å². The number of nitrogens with one attached hydrogen (secondary N) is 1. The van der Waals surface area contributed by atoms with Gasteiger partial charge in [-0.05, 0) is 24.3 Å². The van der Waals surface area contributed by atoms with Gasteiger partial charge in [-0.15, -0.1) is 0 Å². The van der Waals surface area contributed by atoms with Crippen LogP contribution < -0.4 is 14.5 Å². The number of carbonyl (C=O) groups is 1. The lowest BCUT2D eigenvalue weighted by atomic mass is 10.3. The van der Waals surface area contributed by atoms with Gasteiger partial charge in [0.1, 0.15) is 5.75 Å². The highest BCUT2D eigenvalue weighted by atomic mass is 32.1. The third kappa shape index (κ3) is 4.80. The Balaban J connectivity index is 1.69. The van der Waals surface area contributed by atoms with E-state index in [2.05, 4.69) is 19.1 Å². The van der Waals surface area contributed by atoms with Crippen LogP contribution in [0.5, 0.6) is 5.75 Å². The van der Waals surface area contributed by atoms with Crippen LogP contribution in [0.2, 0.25) is 0 Å². The van der Waals surface area contributed by atoms with Crippen LogP contribution >= 0.6 is 11.3 Å². The van der Waals surface area contributed by atoms with Gasteiger partial charge >= 0.3 is 0 Å². The number of ether oxygens (including phenoxy) is 1. The third-order valence-corrected chi connectivity index (χ3v) is 5.04. The second-order valence-corrected chi connectivity index (χ2v) is 7.39. The highest BCUT2D eigenvalue weighted by Crippen LogP contribution is 2.28. The number of carbonyl (C=O) groups excluding carboxylic acids is 1. The van der Waals surface area contributed by atoms with Crippen LogP contribution in [0.25, 0.3) is 10.2 Å². The van der Waals surface area contributed by atoms with Crippen LogP contribution in [0, 0.1) is 0 Å².